The number of nitrogens with zero attached hydrogens (tertiary/aromatic N) is 2. The molecule has 0 radical (unpaired) electrons. The Bertz CT molecular complexity index is 436. The zero-order valence-corrected chi connectivity index (χ0v) is 9.27. The van der Waals surface area contributed by atoms with E-state index in [-0.39, 0.29) is 12.2 Å². The predicted molar refractivity (Wildman–Crippen MR) is 62.1 cm³/mol. The van der Waals surface area contributed by atoms with Gasteiger partial charge in [-0.3, -0.25) is 10.1 Å². The van der Waals surface area contributed by atoms with Gasteiger partial charge >= 0.3 is 0 Å². The van der Waals surface area contributed by atoms with Crippen molar-refractivity contribution in [3.8, 4) is 0 Å². The van der Waals surface area contributed by atoms with E-state index in [0.29, 0.717) is 0 Å². The molecule has 0 aromatic heterocycles. The molecule has 0 saturated heterocycles. The zero-order chi connectivity index (χ0) is 11.5. The molecule has 2 rings (SSSR count). The number of fused-ring (bicyclic) bond motifs is 1. The van der Waals surface area contributed by atoms with E-state index in [0.717, 1.165) is 29.2 Å². The Hall–Kier alpha value is -1.56. The number of thioether (sulfide) groups is 1. The molecule has 0 aliphatic carbocycles. The van der Waals surface area contributed by atoms with Gasteiger partial charge in [-0.15, -0.1) is 11.8 Å². The Labute approximate surface area is 96.6 Å². The summed E-state index contributed by atoms with van der Waals surface area (Å²) < 4.78 is 0. The maximum absolute atomic E-state index is 10.7. The van der Waals surface area contributed by atoms with Crippen molar-refractivity contribution in [3.63, 3.8) is 0 Å². The first kappa shape index (κ1) is 10.9. The smallest absolute Gasteiger partial charge is 0.271 e. The standard InChI is InChI=1S/C10H10N2O3S/c13-5-3-11-4-6-16-10-2-1-8(12(14)15)7-9(10)11/h1-2,5,7H,3-4,6H2. The summed E-state index contributed by atoms with van der Waals surface area (Å²) >= 11 is 1.66. The van der Waals surface area contributed by atoms with Crippen molar-refractivity contribution < 1.29 is 9.72 Å². The third kappa shape index (κ3) is 2.01. The van der Waals surface area contributed by atoms with E-state index in [4.69, 9.17) is 0 Å². The van der Waals surface area contributed by atoms with Gasteiger partial charge in [-0.05, 0) is 6.07 Å². The number of rotatable bonds is 3. The second kappa shape index (κ2) is 4.52. The molecule has 6 heteroatoms. The molecule has 16 heavy (non-hydrogen) atoms. The van der Waals surface area contributed by atoms with Gasteiger partial charge in [0, 0.05) is 29.3 Å². The van der Waals surface area contributed by atoms with Crippen molar-refractivity contribution in [1.82, 2.24) is 0 Å². The van der Waals surface area contributed by atoms with E-state index in [9.17, 15) is 14.9 Å². The molecule has 0 spiro atoms. The molecular formula is C10H10N2O3S. The topological polar surface area (TPSA) is 63.5 Å². The monoisotopic (exact) mass is 238 g/mol. The van der Waals surface area contributed by atoms with Crippen molar-refractivity contribution >= 4 is 29.4 Å². The van der Waals surface area contributed by atoms with Gasteiger partial charge in [0.15, 0.2) is 0 Å². The largest absolute Gasteiger partial charge is 0.363 e. The molecule has 0 saturated carbocycles. The molecule has 0 bridgehead atoms. The van der Waals surface area contributed by atoms with Crippen LogP contribution >= 0.6 is 11.8 Å². The molecular weight excluding hydrogens is 228 g/mol. The van der Waals surface area contributed by atoms with Crippen LogP contribution in [0.2, 0.25) is 0 Å². The number of aldehydes is 1. The highest BCUT2D eigenvalue weighted by Crippen LogP contribution is 2.36. The van der Waals surface area contributed by atoms with Gasteiger partial charge < -0.3 is 9.69 Å². The first-order valence-corrected chi connectivity index (χ1v) is 5.81. The number of nitro groups is 1. The van der Waals surface area contributed by atoms with Crippen LogP contribution in [0.1, 0.15) is 0 Å². The Kier molecular flexibility index (Phi) is 3.09. The molecule has 1 aliphatic rings. The van der Waals surface area contributed by atoms with Gasteiger partial charge in [0.2, 0.25) is 0 Å². The van der Waals surface area contributed by atoms with Crippen LogP contribution in [0.4, 0.5) is 11.4 Å². The maximum atomic E-state index is 10.7. The van der Waals surface area contributed by atoms with Gasteiger partial charge in [0.05, 0.1) is 17.2 Å². The van der Waals surface area contributed by atoms with Crippen LogP contribution < -0.4 is 4.90 Å². The number of anilines is 1. The summed E-state index contributed by atoms with van der Waals surface area (Å²) in [6, 6.07) is 4.77. The minimum absolute atomic E-state index is 0.0668. The number of benzene rings is 1. The van der Waals surface area contributed by atoms with Gasteiger partial charge in [0.25, 0.3) is 5.69 Å². The van der Waals surface area contributed by atoms with Gasteiger partial charge in [0.1, 0.15) is 6.29 Å². The minimum Gasteiger partial charge on any atom is -0.363 e. The van der Waals surface area contributed by atoms with Crippen molar-refractivity contribution in [1.29, 1.82) is 0 Å². The first-order valence-electron chi connectivity index (χ1n) is 4.82. The average molecular weight is 238 g/mol. The third-order valence-corrected chi connectivity index (χ3v) is 3.45. The first-order chi connectivity index (χ1) is 7.72. The molecule has 0 amide bonds. The van der Waals surface area contributed by atoms with E-state index < -0.39 is 4.92 Å². The van der Waals surface area contributed by atoms with Gasteiger partial charge in [-0.1, -0.05) is 0 Å². The molecule has 0 atom stereocenters. The van der Waals surface area contributed by atoms with Crippen molar-refractivity contribution in [2.45, 2.75) is 4.90 Å². The lowest BCUT2D eigenvalue weighted by molar-refractivity contribution is -0.384. The van der Waals surface area contributed by atoms with E-state index >= 15 is 0 Å². The van der Waals surface area contributed by atoms with Crippen LogP contribution in [0.3, 0.4) is 0 Å². The average Bonchev–Trinajstić information content (AvgIpc) is 2.29. The summed E-state index contributed by atoms with van der Waals surface area (Å²) in [7, 11) is 0. The maximum Gasteiger partial charge on any atom is 0.271 e. The van der Waals surface area contributed by atoms with E-state index in [1.54, 1.807) is 17.8 Å². The van der Waals surface area contributed by atoms with E-state index in [2.05, 4.69) is 0 Å². The van der Waals surface area contributed by atoms with Crippen LogP contribution in [-0.4, -0.2) is 30.1 Å². The second-order valence-electron chi connectivity index (χ2n) is 3.37. The summed E-state index contributed by atoms with van der Waals surface area (Å²) in [6.45, 7) is 1.03. The van der Waals surface area contributed by atoms with Crippen LogP contribution in [0.15, 0.2) is 23.1 Å². The highest BCUT2D eigenvalue weighted by atomic mass is 32.2. The van der Waals surface area contributed by atoms with Crippen LogP contribution in [0.5, 0.6) is 0 Å². The molecule has 1 aliphatic heterocycles. The number of hydrogen-bond donors (Lipinski definition) is 0. The van der Waals surface area contributed by atoms with E-state index in [1.807, 2.05) is 4.90 Å². The number of nitro benzene ring substituents is 1. The number of hydrogen-bond acceptors (Lipinski definition) is 5. The lowest BCUT2D eigenvalue weighted by Crippen LogP contribution is -2.30. The fourth-order valence-electron chi connectivity index (χ4n) is 1.65. The fourth-order valence-corrected chi connectivity index (χ4v) is 2.69. The Balaban J connectivity index is 2.40. The molecule has 5 nitrogen and oxygen atoms in total. The molecule has 1 heterocycles. The molecule has 1 aromatic carbocycles. The van der Waals surface area contributed by atoms with Crippen molar-refractivity contribution in [3.05, 3.63) is 28.3 Å². The Morgan fingerprint density at radius 2 is 2.38 bits per heavy atom. The quantitative estimate of drug-likeness (QED) is 0.455. The van der Waals surface area contributed by atoms with Crippen molar-refractivity contribution in [2.75, 3.05) is 23.7 Å². The van der Waals surface area contributed by atoms with E-state index in [1.165, 1.54) is 12.1 Å². The molecule has 84 valence electrons. The summed E-state index contributed by atoms with van der Waals surface area (Å²) in [6.07, 6.45) is 0.818. The zero-order valence-electron chi connectivity index (χ0n) is 8.46. The summed E-state index contributed by atoms with van der Waals surface area (Å²) in [4.78, 5) is 23.6. The number of carbonyl (C=O) groups excluding carboxylic acids is 1. The van der Waals surface area contributed by atoms with Crippen LogP contribution in [-0.2, 0) is 4.79 Å². The summed E-state index contributed by atoms with van der Waals surface area (Å²) in [5.41, 5.74) is 0.856. The van der Waals surface area contributed by atoms with Crippen LogP contribution in [0, 0.1) is 10.1 Å². The summed E-state index contributed by atoms with van der Waals surface area (Å²) in [5, 5.41) is 10.7. The predicted octanol–water partition coefficient (Wildman–Crippen LogP) is 1.71. The molecule has 0 unspecified atom stereocenters. The third-order valence-electron chi connectivity index (χ3n) is 2.41. The number of carbonyl (C=O) groups is 1. The lowest BCUT2D eigenvalue weighted by atomic mass is 10.2. The highest BCUT2D eigenvalue weighted by molar-refractivity contribution is 7.99. The normalized spacial score (nSPS) is 14.4. The van der Waals surface area contributed by atoms with Crippen molar-refractivity contribution in [2.24, 2.45) is 0 Å². The highest BCUT2D eigenvalue weighted by Gasteiger charge is 2.19. The Morgan fingerprint density at radius 1 is 1.56 bits per heavy atom. The molecule has 1 aromatic rings. The minimum atomic E-state index is -0.418. The molecule has 0 fully saturated rings. The molecule has 0 N–H and O–H groups in total. The van der Waals surface area contributed by atoms with Gasteiger partial charge in [-0.25, -0.2) is 0 Å². The van der Waals surface area contributed by atoms with Crippen LogP contribution in [0.25, 0.3) is 0 Å². The SMILES string of the molecule is O=CCN1CCSc2ccc([N+](=O)[O-])cc21. The lowest BCUT2D eigenvalue weighted by Gasteiger charge is -2.28. The number of non-ortho nitro benzene ring substituents is 1. The second-order valence-corrected chi connectivity index (χ2v) is 4.51. The fraction of sp³-hybridized carbons (Fsp3) is 0.300. The van der Waals surface area contributed by atoms with Gasteiger partial charge in [-0.2, -0.15) is 0 Å². The summed E-state index contributed by atoms with van der Waals surface area (Å²) in [5.74, 6) is 0.901. The Morgan fingerprint density at radius 3 is 3.06 bits per heavy atom.